The van der Waals surface area contributed by atoms with E-state index in [9.17, 15) is 9.59 Å². The van der Waals surface area contributed by atoms with E-state index in [0.29, 0.717) is 21.6 Å². The Morgan fingerprint density at radius 2 is 2.04 bits per heavy atom. The minimum Gasteiger partial charge on any atom is -0.484 e. The molecule has 144 valence electrons. The molecule has 0 aliphatic rings. The zero-order chi connectivity index (χ0) is 19.9. The third kappa shape index (κ3) is 5.48. The molecular weight excluding hydrogens is 402 g/mol. The fraction of sp³-hybridized carbons (Fsp3) is 0.111. The maximum Gasteiger partial charge on any atom is 0.255 e. The summed E-state index contributed by atoms with van der Waals surface area (Å²) in [4.78, 5) is 23.0. The van der Waals surface area contributed by atoms with E-state index in [1.54, 1.807) is 47.3 Å². The Kier molecular flexibility index (Phi) is 6.51. The number of nitrogens with one attached hydrogen (secondary N) is 1. The van der Waals surface area contributed by atoms with Gasteiger partial charge in [-0.25, -0.2) is 0 Å². The largest absolute Gasteiger partial charge is 0.484 e. The summed E-state index contributed by atoms with van der Waals surface area (Å²) in [6.07, 6.45) is 1.56. The lowest BCUT2D eigenvalue weighted by Crippen LogP contribution is -2.20. The third-order valence-electron chi connectivity index (χ3n) is 3.43. The molecule has 0 saturated carbocycles. The number of nitrogens with two attached hydrogens (primary N) is 1. The highest BCUT2D eigenvalue weighted by molar-refractivity contribution is 7.99. The molecular formula is C18H16ClN5O3S. The van der Waals surface area contributed by atoms with Gasteiger partial charge in [0.05, 0.1) is 11.4 Å². The molecule has 0 bridgehead atoms. The van der Waals surface area contributed by atoms with Crippen LogP contribution in [0.3, 0.4) is 0 Å². The van der Waals surface area contributed by atoms with Crippen LogP contribution in [0.1, 0.15) is 0 Å². The Bertz CT molecular complexity index is 995. The van der Waals surface area contributed by atoms with Gasteiger partial charge in [0.2, 0.25) is 5.91 Å². The van der Waals surface area contributed by atoms with Crippen LogP contribution in [0.5, 0.6) is 5.75 Å². The predicted molar refractivity (Wildman–Crippen MR) is 107 cm³/mol. The molecule has 10 heteroatoms. The fourth-order valence-electron chi connectivity index (χ4n) is 2.27. The highest BCUT2D eigenvalue weighted by Gasteiger charge is 2.11. The number of hydrogen-bond donors (Lipinski definition) is 2. The standard InChI is InChI=1S/C18H16ClN5O3S/c19-12-3-1-5-14(7-12)24-11-21-23-18(24)28-10-17(26)22-13-4-2-6-15(8-13)27-9-16(20)25/h1-8,11H,9-10H2,(H2,20,25)(H,22,26). The van der Waals surface area contributed by atoms with Gasteiger partial charge >= 0.3 is 0 Å². The van der Waals surface area contributed by atoms with Crippen molar-refractivity contribution in [1.82, 2.24) is 14.8 Å². The van der Waals surface area contributed by atoms with Crippen LogP contribution in [0.2, 0.25) is 5.02 Å². The average molecular weight is 418 g/mol. The van der Waals surface area contributed by atoms with Gasteiger partial charge in [-0.15, -0.1) is 10.2 Å². The topological polar surface area (TPSA) is 112 Å². The zero-order valence-electron chi connectivity index (χ0n) is 14.5. The SMILES string of the molecule is NC(=O)COc1cccc(NC(=O)CSc2nncn2-c2cccc(Cl)c2)c1. The monoisotopic (exact) mass is 417 g/mol. The number of anilines is 1. The summed E-state index contributed by atoms with van der Waals surface area (Å²) in [6, 6.07) is 14.0. The molecule has 0 radical (unpaired) electrons. The molecule has 1 aromatic heterocycles. The summed E-state index contributed by atoms with van der Waals surface area (Å²) in [6.45, 7) is -0.230. The van der Waals surface area contributed by atoms with E-state index in [-0.39, 0.29) is 18.3 Å². The molecule has 3 rings (SSSR count). The summed E-state index contributed by atoms with van der Waals surface area (Å²) in [5, 5.41) is 11.9. The summed E-state index contributed by atoms with van der Waals surface area (Å²) in [7, 11) is 0. The second-order valence-corrected chi connectivity index (χ2v) is 6.96. The van der Waals surface area contributed by atoms with Gasteiger partial charge in [0, 0.05) is 16.8 Å². The van der Waals surface area contributed by atoms with Crippen molar-refractivity contribution in [2.24, 2.45) is 5.73 Å². The Morgan fingerprint density at radius 1 is 1.21 bits per heavy atom. The molecule has 0 spiro atoms. The molecule has 0 unspecified atom stereocenters. The van der Waals surface area contributed by atoms with E-state index in [1.165, 1.54) is 11.8 Å². The van der Waals surface area contributed by atoms with E-state index in [2.05, 4.69) is 15.5 Å². The van der Waals surface area contributed by atoms with Crippen LogP contribution in [0.15, 0.2) is 60.0 Å². The molecule has 0 fully saturated rings. The minimum absolute atomic E-state index is 0.131. The van der Waals surface area contributed by atoms with Gasteiger partial charge in [-0.3, -0.25) is 14.2 Å². The van der Waals surface area contributed by atoms with Gasteiger partial charge in [0.1, 0.15) is 12.1 Å². The maximum atomic E-state index is 12.3. The van der Waals surface area contributed by atoms with Crippen LogP contribution < -0.4 is 15.8 Å². The van der Waals surface area contributed by atoms with Crippen molar-refractivity contribution in [2.75, 3.05) is 17.7 Å². The Morgan fingerprint density at radius 3 is 2.82 bits per heavy atom. The minimum atomic E-state index is -0.574. The van der Waals surface area contributed by atoms with Gasteiger partial charge in [-0.2, -0.15) is 0 Å². The highest BCUT2D eigenvalue weighted by atomic mass is 35.5. The molecule has 0 aliphatic carbocycles. The number of nitrogens with zero attached hydrogens (tertiary/aromatic N) is 3. The van der Waals surface area contributed by atoms with Crippen LogP contribution in [-0.4, -0.2) is 38.9 Å². The number of rotatable bonds is 8. The number of halogens is 1. The molecule has 2 aromatic carbocycles. The molecule has 8 nitrogen and oxygen atoms in total. The van der Waals surface area contributed by atoms with E-state index < -0.39 is 5.91 Å². The van der Waals surface area contributed by atoms with Crippen molar-refractivity contribution in [3.63, 3.8) is 0 Å². The van der Waals surface area contributed by atoms with Gasteiger partial charge in [0.15, 0.2) is 11.8 Å². The van der Waals surface area contributed by atoms with Crippen molar-refractivity contribution < 1.29 is 14.3 Å². The van der Waals surface area contributed by atoms with E-state index >= 15 is 0 Å². The van der Waals surface area contributed by atoms with Crippen molar-refractivity contribution in [1.29, 1.82) is 0 Å². The van der Waals surface area contributed by atoms with Crippen molar-refractivity contribution >= 4 is 40.9 Å². The number of ether oxygens (including phenoxy) is 1. The van der Waals surface area contributed by atoms with E-state index in [0.717, 1.165) is 5.69 Å². The Hall–Kier alpha value is -3.04. The maximum absolute atomic E-state index is 12.3. The van der Waals surface area contributed by atoms with E-state index in [4.69, 9.17) is 22.1 Å². The van der Waals surface area contributed by atoms with Gasteiger partial charge in [-0.05, 0) is 30.3 Å². The molecule has 1 heterocycles. The number of primary amides is 1. The first-order valence-electron chi connectivity index (χ1n) is 8.11. The summed E-state index contributed by atoms with van der Waals surface area (Å²) in [5.41, 5.74) is 6.40. The number of benzene rings is 2. The van der Waals surface area contributed by atoms with Crippen LogP contribution in [-0.2, 0) is 9.59 Å². The number of hydrogen-bond acceptors (Lipinski definition) is 6. The Labute approximate surface area is 170 Å². The van der Waals surface area contributed by atoms with Crippen LogP contribution >= 0.6 is 23.4 Å². The number of carbonyl (C=O) groups excluding carboxylic acids is 2. The lowest BCUT2D eigenvalue weighted by molar-refractivity contribution is -0.120. The lowest BCUT2D eigenvalue weighted by atomic mass is 10.3. The summed E-state index contributed by atoms with van der Waals surface area (Å²) in [5.74, 6) is -0.233. The second kappa shape index (κ2) is 9.25. The van der Waals surface area contributed by atoms with Gasteiger partial charge in [0.25, 0.3) is 5.91 Å². The first-order chi connectivity index (χ1) is 13.5. The highest BCUT2D eigenvalue weighted by Crippen LogP contribution is 2.22. The van der Waals surface area contributed by atoms with Crippen LogP contribution in [0.4, 0.5) is 5.69 Å². The van der Waals surface area contributed by atoms with Crippen molar-refractivity contribution in [3.8, 4) is 11.4 Å². The lowest BCUT2D eigenvalue weighted by Gasteiger charge is -2.09. The molecule has 0 aliphatic heterocycles. The van der Waals surface area contributed by atoms with Crippen molar-refractivity contribution in [2.45, 2.75) is 5.16 Å². The molecule has 3 aromatic rings. The van der Waals surface area contributed by atoms with Gasteiger partial charge in [-0.1, -0.05) is 35.5 Å². The van der Waals surface area contributed by atoms with Crippen LogP contribution in [0, 0.1) is 0 Å². The smallest absolute Gasteiger partial charge is 0.255 e. The quantitative estimate of drug-likeness (QED) is 0.544. The van der Waals surface area contributed by atoms with Crippen LogP contribution in [0.25, 0.3) is 5.69 Å². The van der Waals surface area contributed by atoms with E-state index in [1.807, 2.05) is 12.1 Å². The van der Waals surface area contributed by atoms with Gasteiger partial charge < -0.3 is 15.8 Å². The first-order valence-corrected chi connectivity index (χ1v) is 9.47. The summed E-state index contributed by atoms with van der Waals surface area (Å²) < 4.78 is 6.97. The third-order valence-corrected chi connectivity index (χ3v) is 4.61. The van der Waals surface area contributed by atoms with Crippen molar-refractivity contribution in [3.05, 3.63) is 59.9 Å². The number of thioether (sulfide) groups is 1. The number of amides is 2. The molecule has 0 saturated heterocycles. The normalized spacial score (nSPS) is 10.5. The second-order valence-electron chi connectivity index (χ2n) is 5.58. The fourth-order valence-corrected chi connectivity index (χ4v) is 3.18. The predicted octanol–water partition coefficient (Wildman–Crippen LogP) is 2.52. The molecule has 28 heavy (non-hydrogen) atoms. The molecule has 2 amide bonds. The summed E-state index contributed by atoms with van der Waals surface area (Å²) >= 11 is 7.27. The average Bonchev–Trinajstić information content (AvgIpc) is 3.14. The zero-order valence-corrected chi connectivity index (χ0v) is 16.1. The molecule has 0 atom stereocenters. The Balaban J connectivity index is 1.59. The first kappa shape index (κ1) is 19.7. The number of carbonyl (C=O) groups is 2. The molecule has 3 N–H and O–H groups in total. The number of aromatic nitrogens is 3.